The fourth-order valence-electron chi connectivity index (χ4n) is 2.72. The topological polar surface area (TPSA) is 38.0 Å². The Morgan fingerprint density at radius 3 is 2.50 bits per heavy atom. The van der Waals surface area contributed by atoms with Gasteiger partial charge in [0, 0.05) is 18.8 Å². The lowest BCUT2D eigenvalue weighted by Gasteiger charge is -2.29. The molecule has 2 unspecified atom stereocenters. The summed E-state index contributed by atoms with van der Waals surface area (Å²) in [6.45, 7) is 6.44. The first kappa shape index (κ1) is 14.8. The van der Waals surface area contributed by atoms with Crippen molar-refractivity contribution < 1.29 is 5.11 Å². The van der Waals surface area contributed by atoms with Gasteiger partial charge >= 0.3 is 0 Å². The van der Waals surface area contributed by atoms with Gasteiger partial charge < -0.3 is 9.67 Å². The molecular formula is C17H24N2O. The highest BCUT2D eigenvalue weighted by Crippen LogP contribution is 2.33. The maximum Gasteiger partial charge on any atom is 0.108 e. The van der Waals surface area contributed by atoms with Gasteiger partial charge in [0.2, 0.25) is 0 Å². The van der Waals surface area contributed by atoms with Gasteiger partial charge in [-0.3, -0.25) is 0 Å². The minimum Gasteiger partial charge on any atom is -0.386 e. The van der Waals surface area contributed by atoms with Crippen molar-refractivity contribution in [3.8, 4) is 0 Å². The number of benzene rings is 1. The molecule has 2 aromatic rings. The number of nitrogens with zero attached hydrogens (tertiary/aromatic N) is 2. The number of imidazole rings is 1. The summed E-state index contributed by atoms with van der Waals surface area (Å²) in [6.07, 6.45) is 5.31. The Bertz CT molecular complexity index is 519. The SMILES string of the molecule is CCCc1nccn1C(C(C)C)C(O)c1ccccc1. The third-order valence-electron chi connectivity index (χ3n) is 3.69. The molecule has 0 bridgehead atoms. The Morgan fingerprint density at radius 1 is 1.20 bits per heavy atom. The molecule has 1 aromatic heterocycles. The Labute approximate surface area is 121 Å². The van der Waals surface area contributed by atoms with Gasteiger partial charge in [-0.2, -0.15) is 0 Å². The van der Waals surface area contributed by atoms with Crippen LogP contribution < -0.4 is 0 Å². The van der Waals surface area contributed by atoms with Crippen molar-refractivity contribution in [1.82, 2.24) is 9.55 Å². The van der Waals surface area contributed by atoms with E-state index >= 15 is 0 Å². The number of hydrogen-bond donors (Lipinski definition) is 1. The van der Waals surface area contributed by atoms with E-state index in [0.29, 0.717) is 5.92 Å². The van der Waals surface area contributed by atoms with Gasteiger partial charge in [0.15, 0.2) is 0 Å². The largest absolute Gasteiger partial charge is 0.386 e. The second kappa shape index (κ2) is 6.71. The predicted molar refractivity (Wildman–Crippen MR) is 81.5 cm³/mol. The van der Waals surface area contributed by atoms with Gasteiger partial charge in [0.1, 0.15) is 5.82 Å². The Morgan fingerprint density at radius 2 is 1.90 bits per heavy atom. The predicted octanol–water partition coefficient (Wildman–Crippen LogP) is 3.77. The summed E-state index contributed by atoms with van der Waals surface area (Å²) in [4.78, 5) is 4.44. The summed E-state index contributed by atoms with van der Waals surface area (Å²) in [6, 6.07) is 9.89. The van der Waals surface area contributed by atoms with E-state index in [4.69, 9.17) is 0 Å². The van der Waals surface area contributed by atoms with E-state index in [1.165, 1.54) is 0 Å². The zero-order chi connectivity index (χ0) is 14.5. The molecule has 0 spiro atoms. The van der Waals surface area contributed by atoms with Crippen LogP contribution in [-0.2, 0) is 6.42 Å². The van der Waals surface area contributed by atoms with Crippen LogP contribution in [0.2, 0.25) is 0 Å². The molecule has 2 rings (SSSR count). The van der Waals surface area contributed by atoms with Crippen LogP contribution in [0.1, 0.15) is 50.7 Å². The molecule has 0 aliphatic carbocycles. The maximum atomic E-state index is 10.8. The number of hydrogen-bond acceptors (Lipinski definition) is 2. The zero-order valence-electron chi connectivity index (χ0n) is 12.5. The molecule has 0 radical (unpaired) electrons. The van der Waals surface area contributed by atoms with E-state index in [9.17, 15) is 5.11 Å². The smallest absolute Gasteiger partial charge is 0.108 e. The third-order valence-corrected chi connectivity index (χ3v) is 3.69. The normalized spacial score (nSPS) is 14.4. The second-order valence-corrected chi connectivity index (χ2v) is 5.59. The van der Waals surface area contributed by atoms with Gasteiger partial charge in [-0.1, -0.05) is 51.1 Å². The van der Waals surface area contributed by atoms with Gasteiger partial charge in [-0.15, -0.1) is 0 Å². The number of aromatic nitrogens is 2. The van der Waals surface area contributed by atoms with Crippen LogP contribution in [0, 0.1) is 5.92 Å². The zero-order valence-corrected chi connectivity index (χ0v) is 12.5. The van der Waals surface area contributed by atoms with Crippen LogP contribution in [0.15, 0.2) is 42.7 Å². The summed E-state index contributed by atoms with van der Waals surface area (Å²) < 4.78 is 2.14. The first-order valence-electron chi connectivity index (χ1n) is 7.39. The first-order chi connectivity index (χ1) is 9.65. The van der Waals surface area contributed by atoms with Crippen molar-refractivity contribution in [3.63, 3.8) is 0 Å². The molecule has 0 saturated carbocycles. The molecule has 0 amide bonds. The highest BCUT2D eigenvalue weighted by Gasteiger charge is 2.27. The molecule has 3 heteroatoms. The van der Waals surface area contributed by atoms with Gasteiger partial charge in [0.25, 0.3) is 0 Å². The number of aliphatic hydroxyl groups is 1. The third kappa shape index (κ3) is 3.10. The summed E-state index contributed by atoms with van der Waals surface area (Å²) in [5.41, 5.74) is 0.961. The molecule has 1 heterocycles. The van der Waals surface area contributed by atoms with Crippen LogP contribution in [0.3, 0.4) is 0 Å². The Hall–Kier alpha value is -1.61. The quantitative estimate of drug-likeness (QED) is 0.869. The van der Waals surface area contributed by atoms with E-state index < -0.39 is 6.10 Å². The summed E-state index contributed by atoms with van der Waals surface area (Å²) in [5.74, 6) is 1.39. The number of rotatable bonds is 6. The van der Waals surface area contributed by atoms with Gasteiger partial charge in [0.05, 0.1) is 12.1 Å². The lowest BCUT2D eigenvalue weighted by atomic mass is 9.93. The summed E-state index contributed by atoms with van der Waals surface area (Å²) >= 11 is 0. The Kier molecular flexibility index (Phi) is 4.96. The van der Waals surface area contributed by atoms with Gasteiger partial charge in [-0.25, -0.2) is 4.98 Å². The lowest BCUT2D eigenvalue weighted by Crippen LogP contribution is -2.24. The second-order valence-electron chi connectivity index (χ2n) is 5.59. The van der Waals surface area contributed by atoms with E-state index in [0.717, 1.165) is 24.2 Å². The van der Waals surface area contributed by atoms with Crippen molar-refractivity contribution in [2.24, 2.45) is 5.92 Å². The number of aryl methyl sites for hydroxylation is 1. The average Bonchev–Trinajstić information content (AvgIpc) is 2.88. The van der Waals surface area contributed by atoms with Crippen molar-refractivity contribution in [2.75, 3.05) is 0 Å². The van der Waals surface area contributed by atoms with Crippen LogP contribution >= 0.6 is 0 Å². The number of aliphatic hydroxyl groups excluding tert-OH is 1. The fraction of sp³-hybridized carbons (Fsp3) is 0.471. The standard InChI is InChI=1S/C17H24N2O/c1-4-8-15-18-11-12-19(15)16(13(2)3)17(20)14-9-6-5-7-10-14/h5-7,9-13,16-17,20H,4,8H2,1-3H3. The lowest BCUT2D eigenvalue weighted by molar-refractivity contribution is 0.0854. The van der Waals surface area contributed by atoms with Crippen LogP contribution in [0.25, 0.3) is 0 Å². The fourth-order valence-corrected chi connectivity index (χ4v) is 2.72. The average molecular weight is 272 g/mol. The van der Waals surface area contributed by atoms with Crippen molar-refractivity contribution in [2.45, 2.75) is 45.8 Å². The van der Waals surface area contributed by atoms with Crippen LogP contribution in [-0.4, -0.2) is 14.7 Å². The molecule has 1 aromatic carbocycles. The molecular weight excluding hydrogens is 248 g/mol. The highest BCUT2D eigenvalue weighted by molar-refractivity contribution is 5.19. The molecule has 2 atom stereocenters. The van der Waals surface area contributed by atoms with Crippen LogP contribution in [0.5, 0.6) is 0 Å². The molecule has 3 nitrogen and oxygen atoms in total. The minimum atomic E-state index is -0.513. The molecule has 0 fully saturated rings. The Balaban J connectivity index is 2.34. The summed E-state index contributed by atoms with van der Waals surface area (Å²) in [7, 11) is 0. The van der Waals surface area contributed by atoms with Gasteiger partial charge in [-0.05, 0) is 17.9 Å². The van der Waals surface area contributed by atoms with Crippen molar-refractivity contribution in [1.29, 1.82) is 0 Å². The van der Waals surface area contributed by atoms with E-state index in [1.807, 2.05) is 42.7 Å². The first-order valence-corrected chi connectivity index (χ1v) is 7.39. The van der Waals surface area contributed by atoms with E-state index in [-0.39, 0.29) is 6.04 Å². The molecule has 1 N–H and O–H groups in total. The molecule has 0 saturated heterocycles. The van der Waals surface area contributed by atoms with E-state index in [1.54, 1.807) is 0 Å². The molecule has 0 aliphatic rings. The molecule has 108 valence electrons. The molecule has 20 heavy (non-hydrogen) atoms. The minimum absolute atomic E-state index is 0.0152. The van der Waals surface area contributed by atoms with Crippen molar-refractivity contribution in [3.05, 3.63) is 54.1 Å². The molecule has 0 aliphatic heterocycles. The van der Waals surface area contributed by atoms with Crippen molar-refractivity contribution >= 4 is 0 Å². The summed E-state index contributed by atoms with van der Waals surface area (Å²) in [5, 5.41) is 10.8. The monoisotopic (exact) mass is 272 g/mol. The van der Waals surface area contributed by atoms with Crippen LogP contribution in [0.4, 0.5) is 0 Å². The highest BCUT2D eigenvalue weighted by atomic mass is 16.3. The maximum absolute atomic E-state index is 10.8. The van der Waals surface area contributed by atoms with E-state index in [2.05, 4.69) is 30.3 Å².